The summed E-state index contributed by atoms with van der Waals surface area (Å²) in [5, 5.41) is 2.91. The van der Waals surface area contributed by atoms with Gasteiger partial charge in [-0.25, -0.2) is 8.42 Å². The Morgan fingerprint density at radius 1 is 1.06 bits per heavy atom. The number of benzene rings is 2. The molecule has 0 bridgehead atoms. The Morgan fingerprint density at radius 3 is 2.27 bits per heavy atom. The number of sulfonamides is 1. The Morgan fingerprint density at radius 2 is 1.73 bits per heavy atom. The lowest BCUT2D eigenvalue weighted by Gasteiger charge is -2.33. The molecule has 0 aliphatic carbocycles. The molecule has 0 fully saturated rings. The minimum absolute atomic E-state index is 0.198. The SMILES string of the molecule is CC[C@@H](C(=O)NCC(C)C)N(Cc1ccccc1)C(=O)CN(c1cccc(Br)c1)S(C)(=O)=O. The zero-order chi connectivity index (χ0) is 24.6. The molecule has 1 atom stereocenters. The van der Waals surface area contributed by atoms with E-state index in [4.69, 9.17) is 0 Å². The molecule has 2 aromatic rings. The number of halogens is 1. The van der Waals surface area contributed by atoms with Crippen LogP contribution in [0.25, 0.3) is 0 Å². The lowest BCUT2D eigenvalue weighted by molar-refractivity contribution is -0.140. The Bertz CT molecular complexity index is 1040. The summed E-state index contributed by atoms with van der Waals surface area (Å²) < 4.78 is 26.9. The van der Waals surface area contributed by atoms with Crippen LogP contribution >= 0.6 is 15.9 Å². The van der Waals surface area contributed by atoms with E-state index in [0.29, 0.717) is 23.1 Å². The van der Waals surface area contributed by atoms with Crippen molar-refractivity contribution in [3.63, 3.8) is 0 Å². The summed E-state index contributed by atoms with van der Waals surface area (Å²) in [6, 6.07) is 15.4. The van der Waals surface area contributed by atoms with E-state index < -0.39 is 28.5 Å². The maximum atomic E-state index is 13.5. The van der Waals surface area contributed by atoms with Crippen molar-refractivity contribution >= 4 is 43.5 Å². The third kappa shape index (κ3) is 8.16. The smallest absolute Gasteiger partial charge is 0.244 e. The first-order valence-electron chi connectivity index (χ1n) is 10.9. The van der Waals surface area contributed by atoms with Crippen molar-refractivity contribution in [1.29, 1.82) is 0 Å². The first-order valence-corrected chi connectivity index (χ1v) is 13.5. The third-order valence-electron chi connectivity index (χ3n) is 5.04. The van der Waals surface area contributed by atoms with Gasteiger partial charge in [0.1, 0.15) is 12.6 Å². The van der Waals surface area contributed by atoms with Gasteiger partial charge < -0.3 is 10.2 Å². The van der Waals surface area contributed by atoms with Crippen molar-refractivity contribution in [2.24, 2.45) is 5.92 Å². The molecule has 0 heterocycles. The van der Waals surface area contributed by atoms with Crippen LogP contribution in [0.1, 0.15) is 32.8 Å². The second-order valence-corrected chi connectivity index (χ2v) is 11.1. The maximum Gasteiger partial charge on any atom is 0.244 e. The van der Waals surface area contributed by atoms with E-state index in [2.05, 4.69) is 21.2 Å². The lowest BCUT2D eigenvalue weighted by atomic mass is 10.1. The van der Waals surface area contributed by atoms with Crippen LogP contribution in [0.3, 0.4) is 0 Å². The molecule has 0 aliphatic heterocycles. The molecule has 1 N–H and O–H groups in total. The summed E-state index contributed by atoms with van der Waals surface area (Å²) in [7, 11) is -3.75. The minimum atomic E-state index is -3.75. The topological polar surface area (TPSA) is 86.8 Å². The summed E-state index contributed by atoms with van der Waals surface area (Å²) in [4.78, 5) is 28.0. The Labute approximate surface area is 205 Å². The fourth-order valence-electron chi connectivity index (χ4n) is 3.37. The fraction of sp³-hybridized carbons (Fsp3) is 0.417. The van der Waals surface area contributed by atoms with Crippen molar-refractivity contribution in [2.75, 3.05) is 23.7 Å². The normalized spacial score (nSPS) is 12.3. The van der Waals surface area contributed by atoms with E-state index >= 15 is 0 Å². The van der Waals surface area contributed by atoms with Gasteiger partial charge in [0.2, 0.25) is 21.8 Å². The van der Waals surface area contributed by atoms with Crippen molar-refractivity contribution in [1.82, 2.24) is 10.2 Å². The number of carbonyl (C=O) groups excluding carboxylic acids is 2. The zero-order valence-electron chi connectivity index (χ0n) is 19.5. The number of hydrogen-bond donors (Lipinski definition) is 1. The molecule has 0 saturated carbocycles. The van der Waals surface area contributed by atoms with Gasteiger partial charge >= 0.3 is 0 Å². The number of amides is 2. The van der Waals surface area contributed by atoms with Crippen LogP contribution in [0.2, 0.25) is 0 Å². The van der Waals surface area contributed by atoms with Crippen LogP contribution in [-0.2, 0) is 26.2 Å². The molecule has 9 heteroatoms. The van der Waals surface area contributed by atoms with Gasteiger partial charge in [-0.05, 0) is 36.1 Å². The first-order chi connectivity index (χ1) is 15.5. The second kappa shape index (κ2) is 12.2. The highest BCUT2D eigenvalue weighted by atomic mass is 79.9. The van der Waals surface area contributed by atoms with E-state index in [1.165, 1.54) is 4.90 Å². The highest BCUT2D eigenvalue weighted by molar-refractivity contribution is 9.10. The molecule has 0 unspecified atom stereocenters. The average molecular weight is 539 g/mol. The lowest BCUT2D eigenvalue weighted by Crippen LogP contribution is -2.52. The van der Waals surface area contributed by atoms with Crippen LogP contribution in [-0.4, -0.2) is 50.5 Å². The van der Waals surface area contributed by atoms with Crippen LogP contribution in [0, 0.1) is 5.92 Å². The molecule has 180 valence electrons. The van der Waals surface area contributed by atoms with Crippen molar-refractivity contribution in [3.8, 4) is 0 Å². The number of nitrogens with one attached hydrogen (secondary N) is 1. The van der Waals surface area contributed by atoms with Gasteiger partial charge in [-0.15, -0.1) is 0 Å². The number of rotatable bonds is 11. The molecule has 2 amide bonds. The van der Waals surface area contributed by atoms with Crippen LogP contribution in [0.5, 0.6) is 0 Å². The minimum Gasteiger partial charge on any atom is -0.354 e. The summed E-state index contributed by atoms with van der Waals surface area (Å²) in [5.41, 5.74) is 1.23. The average Bonchev–Trinajstić information content (AvgIpc) is 2.75. The van der Waals surface area contributed by atoms with Crippen molar-refractivity contribution in [2.45, 2.75) is 39.8 Å². The quantitative estimate of drug-likeness (QED) is 0.472. The van der Waals surface area contributed by atoms with Crippen molar-refractivity contribution < 1.29 is 18.0 Å². The number of anilines is 1. The van der Waals surface area contributed by atoms with Gasteiger partial charge in [-0.1, -0.05) is 73.1 Å². The Hall–Kier alpha value is -2.39. The van der Waals surface area contributed by atoms with E-state index in [0.717, 1.165) is 16.1 Å². The summed E-state index contributed by atoms with van der Waals surface area (Å²) in [5.74, 6) is -0.429. The largest absolute Gasteiger partial charge is 0.354 e. The predicted molar refractivity (Wildman–Crippen MR) is 135 cm³/mol. The molecule has 7 nitrogen and oxygen atoms in total. The Balaban J connectivity index is 2.39. The Kier molecular flexibility index (Phi) is 9.91. The standard InChI is InChI=1S/C24H32BrN3O4S/c1-5-22(24(30)26-15-18(2)3)27(16-19-10-7-6-8-11-19)23(29)17-28(33(4,31)32)21-13-9-12-20(25)14-21/h6-14,18,22H,5,15-17H2,1-4H3,(H,26,30)/t22-/m0/s1. The molecule has 0 spiro atoms. The molecule has 0 aliphatic rings. The van der Waals surface area contributed by atoms with Gasteiger partial charge in [0.25, 0.3) is 0 Å². The molecule has 2 aromatic carbocycles. The molecular weight excluding hydrogens is 506 g/mol. The third-order valence-corrected chi connectivity index (χ3v) is 6.68. The second-order valence-electron chi connectivity index (χ2n) is 8.32. The number of carbonyl (C=O) groups is 2. The molecule has 0 radical (unpaired) electrons. The summed E-state index contributed by atoms with van der Waals surface area (Å²) >= 11 is 3.35. The maximum absolute atomic E-state index is 13.5. The van der Waals surface area contributed by atoms with Gasteiger partial charge in [-0.2, -0.15) is 0 Å². The van der Waals surface area contributed by atoms with Gasteiger partial charge in [-0.3, -0.25) is 13.9 Å². The molecule has 33 heavy (non-hydrogen) atoms. The molecule has 0 saturated heterocycles. The predicted octanol–water partition coefficient (Wildman–Crippen LogP) is 3.79. The molecule has 0 aromatic heterocycles. The summed E-state index contributed by atoms with van der Waals surface area (Å²) in [6.07, 6.45) is 1.47. The molecular formula is C24H32BrN3O4S. The summed E-state index contributed by atoms with van der Waals surface area (Å²) in [6.45, 7) is 6.12. The molecule has 2 rings (SSSR count). The van der Waals surface area contributed by atoms with Crippen LogP contribution in [0.4, 0.5) is 5.69 Å². The highest BCUT2D eigenvalue weighted by Crippen LogP contribution is 2.23. The van der Waals surface area contributed by atoms with E-state index in [9.17, 15) is 18.0 Å². The zero-order valence-corrected chi connectivity index (χ0v) is 21.9. The van der Waals surface area contributed by atoms with Gasteiger partial charge in [0.15, 0.2) is 0 Å². The van der Waals surface area contributed by atoms with Crippen LogP contribution in [0.15, 0.2) is 59.1 Å². The van der Waals surface area contributed by atoms with E-state index in [1.807, 2.05) is 51.1 Å². The fourth-order valence-corrected chi connectivity index (χ4v) is 4.60. The van der Waals surface area contributed by atoms with E-state index in [-0.39, 0.29) is 18.4 Å². The van der Waals surface area contributed by atoms with Gasteiger partial charge in [0, 0.05) is 17.6 Å². The van der Waals surface area contributed by atoms with E-state index in [1.54, 1.807) is 24.3 Å². The van der Waals surface area contributed by atoms with Crippen LogP contribution < -0.4 is 9.62 Å². The number of hydrogen-bond acceptors (Lipinski definition) is 4. The first kappa shape index (κ1) is 26.9. The highest BCUT2D eigenvalue weighted by Gasteiger charge is 2.31. The number of nitrogens with zero attached hydrogens (tertiary/aromatic N) is 2. The monoisotopic (exact) mass is 537 g/mol. The van der Waals surface area contributed by atoms with Gasteiger partial charge in [0.05, 0.1) is 11.9 Å². The van der Waals surface area contributed by atoms with Crippen molar-refractivity contribution in [3.05, 3.63) is 64.6 Å².